The third-order valence-corrected chi connectivity index (χ3v) is 4.20. The van der Waals surface area contributed by atoms with Gasteiger partial charge in [0.1, 0.15) is 0 Å². The Bertz CT molecular complexity index is 598. The fourth-order valence-electron chi connectivity index (χ4n) is 2.70. The lowest BCUT2D eigenvalue weighted by Gasteiger charge is -2.30. The predicted molar refractivity (Wildman–Crippen MR) is 88.5 cm³/mol. The van der Waals surface area contributed by atoms with Crippen LogP contribution in [0.25, 0.3) is 0 Å². The van der Waals surface area contributed by atoms with Crippen LogP contribution in [0.4, 0.5) is 36.7 Å². The highest BCUT2D eigenvalue weighted by Gasteiger charge is 2.37. The zero-order valence-electron chi connectivity index (χ0n) is 13.4. The molecule has 0 aromatic heterocycles. The van der Waals surface area contributed by atoms with E-state index in [0.717, 1.165) is 25.7 Å². The SMILES string of the molecule is F.N[C@@H]1CCCC[C@H]1NC(=S)Nc1cc(C(F)(F)F)cc(C(F)(F)F)c1. The zero-order chi connectivity index (χ0) is 18.8. The first-order valence-electron chi connectivity index (χ1n) is 7.59. The summed E-state index contributed by atoms with van der Waals surface area (Å²) in [5.74, 6) is 0. The van der Waals surface area contributed by atoms with Gasteiger partial charge in [0.15, 0.2) is 5.11 Å². The number of benzene rings is 1. The molecule has 0 amide bonds. The number of halogens is 7. The Balaban J connectivity index is 0.00000338. The molecule has 1 aromatic carbocycles. The van der Waals surface area contributed by atoms with Gasteiger partial charge < -0.3 is 16.4 Å². The fraction of sp³-hybridized carbons (Fsp3) is 0.533. The van der Waals surface area contributed by atoms with Gasteiger partial charge in [-0.05, 0) is 43.3 Å². The van der Waals surface area contributed by atoms with Crippen LogP contribution in [-0.4, -0.2) is 17.2 Å². The number of thiocarbonyl (C=S) groups is 1. The molecule has 0 heterocycles. The number of hydrogen-bond donors (Lipinski definition) is 3. The van der Waals surface area contributed by atoms with Gasteiger partial charge in [-0.25, -0.2) is 0 Å². The van der Waals surface area contributed by atoms with Gasteiger partial charge in [0.25, 0.3) is 0 Å². The van der Waals surface area contributed by atoms with Crippen LogP contribution in [0.1, 0.15) is 36.8 Å². The molecule has 0 aliphatic heterocycles. The minimum absolute atomic E-state index is 0. The van der Waals surface area contributed by atoms with E-state index in [0.29, 0.717) is 12.1 Å². The number of rotatable bonds is 2. The molecule has 2 rings (SSSR count). The maximum atomic E-state index is 12.8. The average molecular weight is 405 g/mol. The molecule has 0 spiro atoms. The Hall–Kier alpha value is -1.62. The third kappa shape index (κ3) is 5.97. The van der Waals surface area contributed by atoms with Crippen LogP contribution in [0.15, 0.2) is 18.2 Å². The minimum Gasteiger partial charge on any atom is -0.358 e. The zero-order valence-corrected chi connectivity index (χ0v) is 14.2. The van der Waals surface area contributed by atoms with Crippen LogP contribution in [0.3, 0.4) is 0 Å². The van der Waals surface area contributed by atoms with Crippen molar-refractivity contribution in [3.05, 3.63) is 29.3 Å². The molecule has 0 unspecified atom stereocenters. The van der Waals surface area contributed by atoms with Crippen molar-refractivity contribution >= 4 is 23.0 Å². The summed E-state index contributed by atoms with van der Waals surface area (Å²) in [6, 6.07) is 0.912. The van der Waals surface area contributed by atoms with Gasteiger partial charge in [-0.1, -0.05) is 12.8 Å². The van der Waals surface area contributed by atoms with Crippen molar-refractivity contribution < 1.29 is 31.0 Å². The minimum atomic E-state index is -4.90. The maximum absolute atomic E-state index is 12.8. The van der Waals surface area contributed by atoms with Crippen LogP contribution in [-0.2, 0) is 12.4 Å². The Labute approximate surface area is 150 Å². The predicted octanol–water partition coefficient (Wildman–Crippen LogP) is 4.43. The maximum Gasteiger partial charge on any atom is 0.416 e. The smallest absolute Gasteiger partial charge is 0.358 e. The lowest BCUT2D eigenvalue weighted by atomic mass is 9.91. The van der Waals surface area contributed by atoms with Crippen molar-refractivity contribution in [1.29, 1.82) is 0 Å². The van der Waals surface area contributed by atoms with Gasteiger partial charge in [0.2, 0.25) is 0 Å². The van der Waals surface area contributed by atoms with Crippen LogP contribution in [0, 0.1) is 0 Å². The molecule has 1 aliphatic carbocycles. The van der Waals surface area contributed by atoms with Crippen LogP contribution >= 0.6 is 12.2 Å². The Kier molecular flexibility index (Phi) is 7.23. The third-order valence-electron chi connectivity index (χ3n) is 3.98. The molecule has 1 aromatic rings. The summed E-state index contributed by atoms with van der Waals surface area (Å²) in [5.41, 5.74) is 2.75. The highest BCUT2D eigenvalue weighted by atomic mass is 32.1. The van der Waals surface area contributed by atoms with Crippen LogP contribution in [0.5, 0.6) is 0 Å². The van der Waals surface area contributed by atoms with Gasteiger partial charge in [-0.2, -0.15) is 26.3 Å². The Morgan fingerprint density at radius 2 is 1.46 bits per heavy atom. The Morgan fingerprint density at radius 1 is 0.962 bits per heavy atom. The van der Waals surface area contributed by atoms with E-state index < -0.39 is 23.5 Å². The molecule has 0 radical (unpaired) electrons. The fourth-order valence-corrected chi connectivity index (χ4v) is 2.97. The first kappa shape index (κ1) is 22.4. The van der Waals surface area contributed by atoms with Gasteiger partial charge in [-0.3, -0.25) is 4.70 Å². The second kappa shape index (κ2) is 8.38. The summed E-state index contributed by atoms with van der Waals surface area (Å²) in [6.07, 6.45) is -6.39. The van der Waals surface area contributed by atoms with E-state index in [-0.39, 0.29) is 33.7 Å². The number of nitrogens with two attached hydrogens (primary N) is 1. The topological polar surface area (TPSA) is 50.1 Å². The molecule has 1 aliphatic rings. The quantitative estimate of drug-likeness (QED) is 0.503. The van der Waals surface area contributed by atoms with Gasteiger partial charge in [-0.15, -0.1) is 0 Å². The molecular weight excluding hydrogens is 387 g/mol. The first-order chi connectivity index (χ1) is 11.5. The van der Waals surface area contributed by atoms with Gasteiger partial charge >= 0.3 is 12.4 Å². The second-order valence-corrected chi connectivity index (χ2v) is 6.36. The summed E-state index contributed by atoms with van der Waals surface area (Å²) in [6.45, 7) is 0. The van der Waals surface area contributed by atoms with Gasteiger partial charge in [0.05, 0.1) is 11.1 Å². The van der Waals surface area contributed by atoms with E-state index in [4.69, 9.17) is 18.0 Å². The second-order valence-electron chi connectivity index (χ2n) is 5.95. The van der Waals surface area contributed by atoms with Crippen molar-refractivity contribution in [2.75, 3.05) is 5.32 Å². The molecule has 11 heteroatoms. The summed E-state index contributed by atoms with van der Waals surface area (Å²) in [5, 5.41) is 5.21. The van der Waals surface area contributed by atoms with Crippen molar-refractivity contribution in [2.45, 2.75) is 50.1 Å². The molecule has 0 bridgehead atoms. The summed E-state index contributed by atoms with van der Waals surface area (Å²) in [4.78, 5) is 0. The van der Waals surface area contributed by atoms with E-state index in [2.05, 4.69) is 10.6 Å². The van der Waals surface area contributed by atoms with E-state index in [1.807, 2.05) is 0 Å². The van der Waals surface area contributed by atoms with Crippen molar-refractivity contribution in [2.24, 2.45) is 5.73 Å². The van der Waals surface area contributed by atoms with Gasteiger partial charge in [0, 0.05) is 17.8 Å². The summed E-state index contributed by atoms with van der Waals surface area (Å²) in [7, 11) is 0. The molecule has 1 saturated carbocycles. The largest absolute Gasteiger partial charge is 0.416 e. The summed E-state index contributed by atoms with van der Waals surface area (Å²) >= 11 is 5.00. The molecule has 2 atom stereocenters. The van der Waals surface area contributed by atoms with Crippen LogP contribution < -0.4 is 16.4 Å². The van der Waals surface area contributed by atoms with Crippen molar-refractivity contribution in [3.8, 4) is 0 Å². The highest BCUT2D eigenvalue weighted by Crippen LogP contribution is 2.37. The highest BCUT2D eigenvalue weighted by molar-refractivity contribution is 7.80. The first-order valence-corrected chi connectivity index (χ1v) is 8.00. The normalized spacial score (nSPS) is 20.9. The van der Waals surface area contributed by atoms with E-state index >= 15 is 0 Å². The summed E-state index contributed by atoms with van der Waals surface area (Å²) < 4.78 is 77.0. The molecule has 3 nitrogen and oxygen atoms in total. The molecule has 4 N–H and O–H groups in total. The monoisotopic (exact) mass is 405 g/mol. The molecule has 148 valence electrons. The number of alkyl halides is 6. The van der Waals surface area contributed by atoms with Crippen molar-refractivity contribution in [3.63, 3.8) is 0 Å². The number of hydrogen-bond acceptors (Lipinski definition) is 2. The van der Waals surface area contributed by atoms with Crippen LogP contribution in [0.2, 0.25) is 0 Å². The molecular formula is C15H18F7N3S. The standard InChI is InChI=1S/C15H17F6N3S.FH/c16-14(17,18)8-5-9(15(19,20)21)7-10(6-8)23-13(25)24-12-4-2-1-3-11(12)22;/h5-7,11-12H,1-4,22H2,(H2,23,24,25);1H/t11-,12-;/m1./s1. The average Bonchev–Trinajstić information content (AvgIpc) is 2.47. The number of nitrogens with one attached hydrogen (secondary N) is 2. The lowest BCUT2D eigenvalue weighted by molar-refractivity contribution is -0.143. The molecule has 0 saturated heterocycles. The lowest BCUT2D eigenvalue weighted by Crippen LogP contribution is -2.50. The van der Waals surface area contributed by atoms with E-state index in [1.54, 1.807) is 0 Å². The molecule has 1 fully saturated rings. The Morgan fingerprint density at radius 3 is 1.92 bits per heavy atom. The van der Waals surface area contributed by atoms with E-state index in [9.17, 15) is 26.3 Å². The molecule has 26 heavy (non-hydrogen) atoms. The van der Waals surface area contributed by atoms with Crippen molar-refractivity contribution in [1.82, 2.24) is 5.32 Å². The van der Waals surface area contributed by atoms with E-state index in [1.165, 1.54) is 0 Å². The number of anilines is 1.